The predicted octanol–water partition coefficient (Wildman–Crippen LogP) is 4.07. The predicted molar refractivity (Wildman–Crippen MR) is 114 cm³/mol. The molecule has 0 saturated heterocycles. The molecule has 1 amide bonds. The number of halogens is 2. The number of rotatable bonds is 6. The first-order valence-corrected chi connectivity index (χ1v) is 10.3. The van der Waals surface area contributed by atoms with Crippen molar-refractivity contribution < 1.29 is 9.18 Å². The van der Waals surface area contributed by atoms with E-state index in [0.717, 1.165) is 16.3 Å². The second-order valence-electron chi connectivity index (χ2n) is 6.81. The number of hydrogen-bond donors (Lipinski definition) is 1. The highest BCUT2D eigenvalue weighted by atomic mass is 35.5. The quantitative estimate of drug-likeness (QED) is 0.486. The van der Waals surface area contributed by atoms with Gasteiger partial charge in [0.25, 0.3) is 5.91 Å². The lowest BCUT2D eigenvalue weighted by Crippen LogP contribution is -2.15. The molecule has 0 aliphatic carbocycles. The number of anilines is 1. The van der Waals surface area contributed by atoms with Crippen LogP contribution in [0.4, 0.5) is 9.39 Å². The first-order chi connectivity index (χ1) is 14.4. The fourth-order valence-corrected chi connectivity index (χ4v) is 4.32. The highest BCUT2D eigenvalue weighted by Crippen LogP contribution is 2.27. The number of nitrogens with zero attached hydrogens (tertiary/aromatic N) is 5. The zero-order valence-electron chi connectivity index (χ0n) is 16.3. The number of aromatic nitrogens is 5. The van der Waals surface area contributed by atoms with Gasteiger partial charge in [-0.2, -0.15) is 5.10 Å². The second kappa shape index (κ2) is 8.37. The number of aryl methyl sites for hydroxylation is 2. The van der Waals surface area contributed by atoms with Gasteiger partial charge in [0, 0.05) is 30.9 Å². The summed E-state index contributed by atoms with van der Waals surface area (Å²) in [5, 5.41) is 9.05. The van der Waals surface area contributed by atoms with Gasteiger partial charge in [-0.05, 0) is 36.8 Å². The van der Waals surface area contributed by atoms with Crippen LogP contribution in [0.15, 0.2) is 43.0 Å². The Labute approximate surface area is 181 Å². The summed E-state index contributed by atoms with van der Waals surface area (Å²) < 4.78 is 17.0. The molecule has 154 valence electrons. The van der Waals surface area contributed by atoms with Crippen molar-refractivity contribution in [3.05, 3.63) is 81.5 Å². The highest BCUT2D eigenvalue weighted by molar-refractivity contribution is 7.16. The van der Waals surface area contributed by atoms with Crippen molar-refractivity contribution in [1.82, 2.24) is 24.3 Å². The molecule has 0 unspecified atom stereocenters. The Kier molecular flexibility index (Phi) is 5.65. The van der Waals surface area contributed by atoms with E-state index in [4.69, 9.17) is 11.6 Å². The number of imidazole rings is 1. The lowest BCUT2D eigenvalue weighted by Gasteiger charge is -2.03. The zero-order chi connectivity index (χ0) is 21.3. The molecule has 4 rings (SSSR count). The van der Waals surface area contributed by atoms with Crippen LogP contribution >= 0.6 is 22.9 Å². The van der Waals surface area contributed by atoms with Crippen LogP contribution in [0.2, 0.25) is 5.02 Å². The van der Waals surface area contributed by atoms with Gasteiger partial charge in [0.1, 0.15) is 16.5 Å². The van der Waals surface area contributed by atoms with Crippen molar-refractivity contribution in [3.8, 4) is 0 Å². The summed E-state index contributed by atoms with van der Waals surface area (Å²) in [6, 6.07) is 6.15. The number of carbonyl (C=O) groups excluding carboxylic acids is 1. The van der Waals surface area contributed by atoms with E-state index in [1.54, 1.807) is 36.4 Å². The standard InChI is InChI=1S/C20H18ClFN6OS/c1-12-20(30-18(24-12)7-13-5-14(21)8-15(22)6-13)25-19(29)17-9-16(26-27(17)2)10-28-4-3-23-11-28/h3-6,8-9,11H,7,10H2,1-2H3,(H,25,29). The van der Waals surface area contributed by atoms with Crippen LogP contribution in [-0.2, 0) is 20.0 Å². The first-order valence-electron chi connectivity index (χ1n) is 9.08. The van der Waals surface area contributed by atoms with E-state index in [9.17, 15) is 9.18 Å². The minimum atomic E-state index is -0.387. The highest BCUT2D eigenvalue weighted by Gasteiger charge is 2.17. The van der Waals surface area contributed by atoms with Crippen LogP contribution in [0.3, 0.4) is 0 Å². The molecular weight excluding hydrogens is 427 g/mol. The third kappa shape index (κ3) is 4.58. The normalized spacial score (nSPS) is 11.1. The molecule has 1 N–H and O–H groups in total. The zero-order valence-corrected chi connectivity index (χ0v) is 17.8. The van der Waals surface area contributed by atoms with E-state index in [1.807, 2.05) is 17.7 Å². The summed E-state index contributed by atoms with van der Waals surface area (Å²) in [4.78, 5) is 21.3. The van der Waals surface area contributed by atoms with Crippen LogP contribution in [-0.4, -0.2) is 30.2 Å². The lowest BCUT2D eigenvalue weighted by molar-refractivity contribution is 0.101. The molecule has 4 aromatic rings. The topological polar surface area (TPSA) is 77.6 Å². The van der Waals surface area contributed by atoms with Crippen LogP contribution < -0.4 is 5.32 Å². The van der Waals surface area contributed by atoms with Crippen molar-refractivity contribution in [2.45, 2.75) is 19.9 Å². The average molecular weight is 445 g/mol. The molecule has 0 atom stereocenters. The summed E-state index contributed by atoms with van der Waals surface area (Å²) >= 11 is 7.28. The maximum atomic E-state index is 13.6. The Hall–Kier alpha value is -3.04. The largest absolute Gasteiger partial charge is 0.331 e. The van der Waals surface area contributed by atoms with E-state index in [-0.39, 0.29) is 11.7 Å². The van der Waals surface area contributed by atoms with Gasteiger partial charge in [0.2, 0.25) is 0 Å². The third-order valence-electron chi connectivity index (χ3n) is 4.41. The van der Waals surface area contributed by atoms with Gasteiger partial charge in [-0.3, -0.25) is 9.48 Å². The number of carbonyl (C=O) groups is 1. The maximum absolute atomic E-state index is 13.6. The molecule has 0 radical (unpaired) electrons. The summed E-state index contributed by atoms with van der Waals surface area (Å²) in [5.41, 5.74) is 2.62. The van der Waals surface area contributed by atoms with Gasteiger partial charge in [-0.1, -0.05) is 11.6 Å². The summed E-state index contributed by atoms with van der Waals surface area (Å²) in [6.07, 6.45) is 5.66. The van der Waals surface area contributed by atoms with Crippen molar-refractivity contribution >= 4 is 33.8 Å². The van der Waals surface area contributed by atoms with Gasteiger partial charge in [-0.25, -0.2) is 14.4 Å². The molecule has 3 aromatic heterocycles. The van der Waals surface area contributed by atoms with Crippen molar-refractivity contribution in [1.29, 1.82) is 0 Å². The Morgan fingerprint density at radius 1 is 1.30 bits per heavy atom. The van der Waals surface area contributed by atoms with Gasteiger partial charge in [0.15, 0.2) is 0 Å². The molecule has 0 aliphatic rings. The van der Waals surface area contributed by atoms with Crippen molar-refractivity contribution in [2.75, 3.05) is 5.32 Å². The van der Waals surface area contributed by atoms with E-state index in [2.05, 4.69) is 20.4 Å². The van der Waals surface area contributed by atoms with Crippen LogP contribution in [0.5, 0.6) is 0 Å². The molecule has 10 heteroatoms. The monoisotopic (exact) mass is 444 g/mol. The van der Waals surface area contributed by atoms with E-state index in [1.165, 1.54) is 23.5 Å². The number of nitrogens with one attached hydrogen (secondary N) is 1. The van der Waals surface area contributed by atoms with Crippen molar-refractivity contribution in [2.24, 2.45) is 7.05 Å². The van der Waals surface area contributed by atoms with Crippen LogP contribution in [0.1, 0.15) is 32.4 Å². The van der Waals surface area contributed by atoms with E-state index in [0.29, 0.717) is 34.4 Å². The number of hydrogen-bond acceptors (Lipinski definition) is 5. The maximum Gasteiger partial charge on any atom is 0.274 e. The summed E-state index contributed by atoms with van der Waals surface area (Å²) in [5.74, 6) is -0.656. The van der Waals surface area contributed by atoms with E-state index < -0.39 is 0 Å². The molecule has 1 aromatic carbocycles. The Morgan fingerprint density at radius 2 is 2.13 bits per heavy atom. The summed E-state index contributed by atoms with van der Waals surface area (Å²) in [7, 11) is 1.73. The number of amides is 1. The molecule has 0 bridgehead atoms. The molecule has 7 nitrogen and oxygen atoms in total. The van der Waals surface area contributed by atoms with Crippen LogP contribution in [0.25, 0.3) is 0 Å². The second-order valence-corrected chi connectivity index (χ2v) is 8.33. The third-order valence-corrected chi connectivity index (χ3v) is 5.70. The molecule has 0 spiro atoms. The minimum absolute atomic E-state index is 0.269. The lowest BCUT2D eigenvalue weighted by atomic mass is 10.1. The fourth-order valence-electron chi connectivity index (χ4n) is 3.08. The number of benzene rings is 1. The molecule has 0 fully saturated rings. The molecular formula is C20H18ClFN6OS. The van der Waals surface area contributed by atoms with E-state index >= 15 is 0 Å². The minimum Gasteiger partial charge on any atom is -0.331 e. The van der Waals surface area contributed by atoms with Gasteiger partial charge in [0.05, 0.1) is 29.3 Å². The molecule has 3 heterocycles. The summed E-state index contributed by atoms with van der Waals surface area (Å²) in [6.45, 7) is 2.35. The number of thiazole rings is 1. The van der Waals surface area contributed by atoms with Gasteiger partial charge >= 0.3 is 0 Å². The molecule has 0 aliphatic heterocycles. The SMILES string of the molecule is Cc1nc(Cc2cc(F)cc(Cl)c2)sc1NC(=O)c1cc(Cn2ccnc2)nn1C. The smallest absolute Gasteiger partial charge is 0.274 e. The first kappa shape index (κ1) is 20.2. The van der Waals surface area contributed by atoms with Crippen molar-refractivity contribution in [3.63, 3.8) is 0 Å². The van der Waals surface area contributed by atoms with Gasteiger partial charge < -0.3 is 9.88 Å². The Bertz CT molecular complexity index is 1180. The molecule has 30 heavy (non-hydrogen) atoms. The van der Waals surface area contributed by atoms with Crippen LogP contribution in [0, 0.1) is 12.7 Å². The molecule has 0 saturated carbocycles. The Balaban J connectivity index is 1.48. The fraction of sp³-hybridized carbons (Fsp3) is 0.200. The average Bonchev–Trinajstić information content (AvgIpc) is 3.36. The Morgan fingerprint density at radius 3 is 2.87 bits per heavy atom. The van der Waals surface area contributed by atoms with Gasteiger partial charge in [-0.15, -0.1) is 11.3 Å².